The molecule has 0 spiro atoms. The normalized spacial score (nSPS) is 16.8. The number of ether oxygens (including phenoxy) is 2. The van der Waals surface area contributed by atoms with Crippen molar-refractivity contribution in [3.63, 3.8) is 0 Å². The number of fused-ring (bicyclic) bond motifs is 1. The predicted molar refractivity (Wildman–Crippen MR) is 94.1 cm³/mol. The van der Waals surface area contributed by atoms with Crippen LogP contribution in [-0.4, -0.2) is 54.3 Å². The van der Waals surface area contributed by atoms with Crippen molar-refractivity contribution >= 4 is 23.5 Å². The van der Waals surface area contributed by atoms with Gasteiger partial charge in [0.25, 0.3) is 5.91 Å². The highest BCUT2D eigenvalue weighted by Gasteiger charge is 2.33. The second-order valence-corrected chi connectivity index (χ2v) is 6.57. The zero-order valence-electron chi connectivity index (χ0n) is 14.5. The number of benzene rings is 1. The van der Waals surface area contributed by atoms with Crippen LogP contribution in [0.2, 0.25) is 5.02 Å². The molecule has 25 heavy (non-hydrogen) atoms. The Balaban J connectivity index is 2.02. The molecule has 0 aromatic heterocycles. The summed E-state index contributed by atoms with van der Waals surface area (Å²) in [6, 6.07) is 5.27. The van der Waals surface area contributed by atoms with Crippen LogP contribution in [0, 0.1) is 5.92 Å². The first-order valence-electron chi connectivity index (χ1n) is 8.46. The number of hydrogen-bond donors (Lipinski definition) is 1. The van der Waals surface area contributed by atoms with E-state index in [0.29, 0.717) is 43.4 Å². The van der Waals surface area contributed by atoms with E-state index >= 15 is 0 Å². The van der Waals surface area contributed by atoms with Gasteiger partial charge in [0.2, 0.25) is 0 Å². The zero-order chi connectivity index (χ0) is 18.4. The van der Waals surface area contributed by atoms with Crippen LogP contribution in [0.1, 0.15) is 25.8 Å². The molecule has 6 nitrogen and oxygen atoms in total. The highest BCUT2D eigenvalue weighted by atomic mass is 35.5. The second-order valence-electron chi connectivity index (χ2n) is 6.14. The van der Waals surface area contributed by atoms with Crippen LogP contribution in [0.4, 0.5) is 0 Å². The van der Waals surface area contributed by atoms with Gasteiger partial charge in [-0.15, -0.1) is 0 Å². The van der Waals surface area contributed by atoms with E-state index < -0.39 is 18.0 Å². The van der Waals surface area contributed by atoms with Gasteiger partial charge in [-0.25, -0.2) is 0 Å². The second kappa shape index (κ2) is 9.06. The molecule has 1 N–H and O–H groups in total. The fourth-order valence-corrected chi connectivity index (χ4v) is 2.96. The van der Waals surface area contributed by atoms with E-state index in [2.05, 4.69) is 0 Å². The average molecular weight is 370 g/mol. The smallest absolute Gasteiger partial charge is 0.308 e. The quantitative estimate of drug-likeness (QED) is 0.677. The summed E-state index contributed by atoms with van der Waals surface area (Å²) in [5.41, 5.74) is 0.895. The average Bonchev–Trinajstić information content (AvgIpc) is 2.99. The van der Waals surface area contributed by atoms with Crippen LogP contribution < -0.4 is 4.74 Å². The standard InChI is InChI=1S/C18H24ClNO5/c1-3-24-8-4-7-20(11-12(2)18(22)23)17(21)16-10-13-9-14(19)5-6-15(13)25-16/h5-6,9,12,16H,3-4,7-8,10-11H2,1-2H3,(H,22,23). The number of carbonyl (C=O) groups is 2. The highest BCUT2D eigenvalue weighted by Crippen LogP contribution is 2.31. The van der Waals surface area contributed by atoms with Gasteiger partial charge in [0.15, 0.2) is 6.10 Å². The minimum atomic E-state index is -0.926. The van der Waals surface area contributed by atoms with Gasteiger partial charge in [-0.3, -0.25) is 9.59 Å². The summed E-state index contributed by atoms with van der Waals surface area (Å²) in [6.07, 6.45) is 0.455. The topological polar surface area (TPSA) is 76.1 Å². The van der Waals surface area contributed by atoms with Crippen molar-refractivity contribution in [2.75, 3.05) is 26.3 Å². The van der Waals surface area contributed by atoms with E-state index in [1.165, 1.54) is 0 Å². The Morgan fingerprint density at radius 1 is 1.48 bits per heavy atom. The Bertz CT molecular complexity index is 621. The largest absolute Gasteiger partial charge is 0.481 e. The van der Waals surface area contributed by atoms with Crippen molar-refractivity contribution in [3.8, 4) is 5.75 Å². The number of halogens is 1. The molecule has 2 unspecified atom stereocenters. The maximum atomic E-state index is 12.9. The Hall–Kier alpha value is -1.79. The van der Waals surface area contributed by atoms with Gasteiger partial charge in [-0.05, 0) is 37.1 Å². The fourth-order valence-electron chi connectivity index (χ4n) is 2.76. The van der Waals surface area contributed by atoms with Gasteiger partial charge in [0.05, 0.1) is 5.92 Å². The van der Waals surface area contributed by atoms with E-state index in [0.717, 1.165) is 5.56 Å². The Morgan fingerprint density at radius 3 is 2.92 bits per heavy atom. The van der Waals surface area contributed by atoms with Gasteiger partial charge in [-0.1, -0.05) is 18.5 Å². The van der Waals surface area contributed by atoms with Crippen molar-refractivity contribution in [1.82, 2.24) is 4.90 Å². The van der Waals surface area contributed by atoms with Crippen molar-refractivity contribution < 1.29 is 24.2 Å². The molecule has 1 aliphatic rings. The number of amides is 1. The number of nitrogens with zero attached hydrogens (tertiary/aromatic N) is 1. The lowest BCUT2D eigenvalue weighted by molar-refractivity contribution is -0.144. The molecular weight excluding hydrogens is 346 g/mol. The maximum absolute atomic E-state index is 12.9. The van der Waals surface area contributed by atoms with Crippen LogP contribution in [0.5, 0.6) is 5.75 Å². The summed E-state index contributed by atoms with van der Waals surface area (Å²) in [6.45, 7) is 5.23. The molecule has 1 heterocycles. The van der Waals surface area contributed by atoms with Crippen LogP contribution in [0.3, 0.4) is 0 Å². The molecule has 0 bridgehead atoms. The van der Waals surface area contributed by atoms with E-state index in [-0.39, 0.29) is 12.5 Å². The Kier molecular flexibility index (Phi) is 7.08. The Labute approximate surface area is 152 Å². The minimum absolute atomic E-state index is 0.150. The number of carboxylic acids is 1. The SMILES string of the molecule is CCOCCCN(CC(C)C(=O)O)C(=O)C1Cc2cc(Cl)ccc2O1. The van der Waals surface area contributed by atoms with Crippen LogP contribution >= 0.6 is 11.6 Å². The third-order valence-electron chi connectivity index (χ3n) is 4.12. The maximum Gasteiger partial charge on any atom is 0.308 e. The molecule has 1 aromatic rings. The van der Waals surface area contributed by atoms with Crippen molar-refractivity contribution in [1.29, 1.82) is 0 Å². The third kappa shape index (κ3) is 5.34. The number of carboxylic acid groups (broad SMARTS) is 1. The molecular formula is C18H24ClNO5. The molecule has 1 aliphatic heterocycles. The number of rotatable bonds is 9. The predicted octanol–water partition coefficient (Wildman–Crippen LogP) is 2.62. The van der Waals surface area contributed by atoms with Crippen molar-refractivity contribution in [3.05, 3.63) is 28.8 Å². The van der Waals surface area contributed by atoms with Crippen LogP contribution in [-0.2, 0) is 20.7 Å². The van der Waals surface area contributed by atoms with E-state index in [4.69, 9.17) is 26.2 Å². The van der Waals surface area contributed by atoms with E-state index in [1.54, 1.807) is 30.0 Å². The molecule has 0 fully saturated rings. The van der Waals surface area contributed by atoms with Gasteiger partial charge in [-0.2, -0.15) is 0 Å². The van der Waals surface area contributed by atoms with Crippen molar-refractivity contribution in [2.24, 2.45) is 5.92 Å². The molecule has 0 saturated carbocycles. The lowest BCUT2D eigenvalue weighted by atomic mass is 10.1. The molecule has 0 radical (unpaired) electrons. The number of hydrogen-bond acceptors (Lipinski definition) is 4. The molecule has 0 saturated heterocycles. The summed E-state index contributed by atoms with van der Waals surface area (Å²) < 4.78 is 11.1. The van der Waals surface area contributed by atoms with Crippen LogP contribution in [0.15, 0.2) is 18.2 Å². The van der Waals surface area contributed by atoms with Gasteiger partial charge in [0.1, 0.15) is 5.75 Å². The summed E-state index contributed by atoms with van der Waals surface area (Å²) >= 11 is 5.99. The first-order chi connectivity index (χ1) is 11.9. The van der Waals surface area contributed by atoms with Crippen molar-refractivity contribution in [2.45, 2.75) is 32.8 Å². The van der Waals surface area contributed by atoms with Gasteiger partial charge < -0.3 is 19.5 Å². The lowest BCUT2D eigenvalue weighted by Crippen LogP contribution is -2.45. The molecule has 1 aromatic carbocycles. The number of aliphatic carboxylic acids is 1. The molecule has 2 atom stereocenters. The minimum Gasteiger partial charge on any atom is -0.481 e. The first kappa shape index (κ1) is 19.5. The van der Waals surface area contributed by atoms with Gasteiger partial charge >= 0.3 is 5.97 Å². The summed E-state index contributed by atoms with van der Waals surface area (Å²) in [5.74, 6) is -1.11. The summed E-state index contributed by atoms with van der Waals surface area (Å²) in [4.78, 5) is 25.6. The zero-order valence-corrected chi connectivity index (χ0v) is 15.3. The Morgan fingerprint density at radius 2 is 2.24 bits per heavy atom. The molecule has 1 amide bonds. The summed E-state index contributed by atoms with van der Waals surface area (Å²) in [7, 11) is 0. The molecule has 138 valence electrons. The van der Waals surface area contributed by atoms with Gasteiger partial charge in [0, 0.05) is 37.7 Å². The summed E-state index contributed by atoms with van der Waals surface area (Å²) in [5, 5.41) is 9.75. The molecule has 7 heteroatoms. The van der Waals surface area contributed by atoms with E-state index in [9.17, 15) is 9.59 Å². The third-order valence-corrected chi connectivity index (χ3v) is 4.36. The highest BCUT2D eigenvalue weighted by molar-refractivity contribution is 6.30. The first-order valence-corrected chi connectivity index (χ1v) is 8.84. The van der Waals surface area contributed by atoms with E-state index in [1.807, 2.05) is 6.92 Å². The molecule has 0 aliphatic carbocycles. The van der Waals surface area contributed by atoms with Crippen LogP contribution in [0.25, 0.3) is 0 Å². The fraction of sp³-hybridized carbons (Fsp3) is 0.556. The lowest BCUT2D eigenvalue weighted by Gasteiger charge is -2.27. The molecule has 2 rings (SSSR count). The number of carbonyl (C=O) groups excluding carboxylic acids is 1. The monoisotopic (exact) mass is 369 g/mol.